The Kier molecular flexibility index (Phi) is 4.35. The topological polar surface area (TPSA) is 74.7 Å². The minimum atomic E-state index is -3.64. The van der Waals surface area contributed by atoms with Gasteiger partial charge >= 0.3 is 5.97 Å². The van der Waals surface area contributed by atoms with E-state index in [4.69, 9.17) is 5.11 Å². The third kappa shape index (κ3) is 3.73. The van der Waals surface area contributed by atoms with Gasteiger partial charge in [0.05, 0.1) is 0 Å². The molecule has 0 aromatic heterocycles. The third-order valence-electron chi connectivity index (χ3n) is 1.96. The Hall–Kier alpha value is -0.620. The molecule has 6 heteroatoms. The van der Waals surface area contributed by atoms with E-state index in [2.05, 4.69) is 0 Å². The highest BCUT2D eigenvalue weighted by Gasteiger charge is 2.24. The number of carbonyl (C=O) groups is 1. The number of aliphatic carboxylic acids is 1. The van der Waals surface area contributed by atoms with Gasteiger partial charge in [-0.15, -0.1) is 0 Å². The monoisotopic (exact) mass is 209 g/mol. The predicted molar refractivity (Wildman–Crippen MR) is 48.9 cm³/mol. The average Bonchev–Trinajstić information content (AvgIpc) is 1.99. The first-order valence-electron chi connectivity index (χ1n) is 3.98. The number of nitrogens with zero attached hydrogens (tertiary/aromatic N) is 1. The van der Waals surface area contributed by atoms with Crippen LogP contribution in [-0.2, 0) is 14.8 Å². The molecule has 0 rings (SSSR count). The van der Waals surface area contributed by atoms with Crippen molar-refractivity contribution in [2.45, 2.75) is 26.3 Å². The number of carboxylic acid groups (broad SMARTS) is 1. The zero-order valence-corrected chi connectivity index (χ0v) is 8.84. The molecular formula is C7H15NO4S. The van der Waals surface area contributed by atoms with Crippen LogP contribution < -0.4 is 0 Å². The molecule has 0 amide bonds. The van der Waals surface area contributed by atoms with E-state index in [9.17, 15) is 13.2 Å². The summed E-state index contributed by atoms with van der Waals surface area (Å²) in [6.45, 7) is 3.58. The fourth-order valence-corrected chi connectivity index (χ4v) is 2.00. The van der Waals surface area contributed by atoms with Gasteiger partial charge in [0.2, 0.25) is 10.0 Å². The molecule has 0 aliphatic heterocycles. The first kappa shape index (κ1) is 12.4. The van der Waals surface area contributed by atoms with Gasteiger partial charge in [-0.25, -0.2) is 12.7 Å². The summed E-state index contributed by atoms with van der Waals surface area (Å²) in [5.41, 5.74) is 0. The van der Waals surface area contributed by atoms with Crippen LogP contribution in [0.3, 0.4) is 0 Å². The molecule has 0 heterocycles. The first-order valence-corrected chi connectivity index (χ1v) is 5.59. The second-order valence-electron chi connectivity index (χ2n) is 2.92. The molecule has 0 bridgehead atoms. The van der Waals surface area contributed by atoms with Crippen molar-refractivity contribution in [3.63, 3.8) is 0 Å². The Labute approximate surface area is 78.4 Å². The zero-order chi connectivity index (χ0) is 10.6. The summed E-state index contributed by atoms with van der Waals surface area (Å²) in [4.78, 5) is 10.2. The second kappa shape index (κ2) is 4.57. The Morgan fingerprint density at radius 3 is 2.31 bits per heavy atom. The molecule has 5 nitrogen and oxygen atoms in total. The highest BCUT2D eigenvalue weighted by atomic mass is 32.2. The quantitative estimate of drug-likeness (QED) is 0.698. The summed E-state index contributed by atoms with van der Waals surface area (Å²) < 4.78 is 23.7. The Bertz CT molecular complexity index is 272. The van der Waals surface area contributed by atoms with Crippen molar-refractivity contribution in [3.8, 4) is 0 Å². The summed E-state index contributed by atoms with van der Waals surface area (Å²) in [5, 5.41) is 8.35. The van der Waals surface area contributed by atoms with Gasteiger partial charge < -0.3 is 5.11 Å². The lowest BCUT2D eigenvalue weighted by molar-refractivity contribution is -0.134. The average molecular weight is 209 g/mol. The van der Waals surface area contributed by atoms with E-state index < -0.39 is 21.7 Å². The minimum absolute atomic E-state index is 0.163. The van der Waals surface area contributed by atoms with E-state index in [1.165, 1.54) is 7.05 Å². The van der Waals surface area contributed by atoms with E-state index in [0.29, 0.717) is 6.42 Å². The second-order valence-corrected chi connectivity index (χ2v) is 4.95. The molecule has 1 unspecified atom stereocenters. The summed E-state index contributed by atoms with van der Waals surface area (Å²) in [6, 6.07) is -0.163. The first-order chi connectivity index (χ1) is 5.81. The molecule has 0 spiro atoms. The molecule has 78 valence electrons. The molecule has 0 aliphatic rings. The van der Waals surface area contributed by atoms with Crippen LogP contribution in [0.25, 0.3) is 0 Å². The molecular weight excluding hydrogens is 194 g/mol. The van der Waals surface area contributed by atoms with Gasteiger partial charge in [-0.05, 0) is 13.3 Å². The number of sulfonamides is 1. The molecule has 0 fully saturated rings. The lowest BCUT2D eigenvalue weighted by Crippen LogP contribution is -2.38. The van der Waals surface area contributed by atoms with Crippen LogP contribution in [0, 0.1) is 0 Å². The van der Waals surface area contributed by atoms with Crippen LogP contribution >= 0.6 is 0 Å². The van der Waals surface area contributed by atoms with E-state index in [1.54, 1.807) is 6.92 Å². The molecule has 0 saturated heterocycles. The maximum atomic E-state index is 11.3. The van der Waals surface area contributed by atoms with Gasteiger partial charge in [0.25, 0.3) is 0 Å². The van der Waals surface area contributed by atoms with Crippen molar-refractivity contribution in [2.24, 2.45) is 0 Å². The number of hydrogen-bond acceptors (Lipinski definition) is 3. The lowest BCUT2D eigenvalue weighted by Gasteiger charge is -2.21. The zero-order valence-electron chi connectivity index (χ0n) is 8.02. The summed E-state index contributed by atoms with van der Waals surface area (Å²) in [5.74, 6) is -2.16. The molecule has 0 radical (unpaired) electrons. The summed E-state index contributed by atoms with van der Waals surface area (Å²) in [6.07, 6.45) is 0.662. The predicted octanol–water partition coefficient (Wildman–Crippen LogP) is 0.131. The van der Waals surface area contributed by atoms with Gasteiger partial charge in [0, 0.05) is 13.1 Å². The van der Waals surface area contributed by atoms with E-state index in [1.807, 2.05) is 6.92 Å². The smallest absolute Gasteiger partial charge is 0.320 e. The Balaban J connectivity index is 4.55. The molecule has 0 aromatic carbocycles. The van der Waals surface area contributed by atoms with Crippen LogP contribution in [0.4, 0.5) is 0 Å². The normalized spacial score (nSPS) is 14.5. The standard InChI is InChI=1S/C7H15NO4S/c1-4-6(2)8(3)13(11,12)5-7(9)10/h6H,4-5H2,1-3H3,(H,9,10). The molecule has 13 heavy (non-hydrogen) atoms. The maximum Gasteiger partial charge on any atom is 0.320 e. The molecule has 1 atom stereocenters. The van der Waals surface area contributed by atoms with Crippen molar-refractivity contribution in [1.82, 2.24) is 4.31 Å². The van der Waals surface area contributed by atoms with Crippen molar-refractivity contribution < 1.29 is 18.3 Å². The number of carboxylic acids is 1. The molecule has 0 aromatic rings. The van der Waals surface area contributed by atoms with Crippen LogP contribution in [0.15, 0.2) is 0 Å². The van der Waals surface area contributed by atoms with Gasteiger partial charge in [-0.3, -0.25) is 4.79 Å². The number of rotatable bonds is 5. The van der Waals surface area contributed by atoms with Crippen LogP contribution in [0.2, 0.25) is 0 Å². The largest absolute Gasteiger partial charge is 0.480 e. The third-order valence-corrected chi connectivity index (χ3v) is 3.81. The van der Waals surface area contributed by atoms with Gasteiger partial charge in [0.15, 0.2) is 5.75 Å². The summed E-state index contributed by atoms with van der Waals surface area (Å²) >= 11 is 0. The highest BCUT2D eigenvalue weighted by molar-refractivity contribution is 7.89. The van der Waals surface area contributed by atoms with E-state index >= 15 is 0 Å². The van der Waals surface area contributed by atoms with Crippen molar-refractivity contribution in [2.75, 3.05) is 12.8 Å². The molecule has 1 N–H and O–H groups in total. The van der Waals surface area contributed by atoms with Crippen molar-refractivity contribution in [1.29, 1.82) is 0 Å². The number of hydrogen-bond donors (Lipinski definition) is 1. The SMILES string of the molecule is CCC(C)N(C)S(=O)(=O)CC(=O)O. The molecule has 0 aliphatic carbocycles. The van der Waals surface area contributed by atoms with Crippen LogP contribution in [-0.4, -0.2) is 42.6 Å². The van der Waals surface area contributed by atoms with Crippen LogP contribution in [0.1, 0.15) is 20.3 Å². The summed E-state index contributed by atoms with van der Waals surface area (Å²) in [7, 11) is -2.24. The van der Waals surface area contributed by atoms with Crippen LogP contribution in [0.5, 0.6) is 0 Å². The van der Waals surface area contributed by atoms with Crippen molar-refractivity contribution >= 4 is 16.0 Å². The van der Waals surface area contributed by atoms with Gasteiger partial charge in [-0.2, -0.15) is 0 Å². The van der Waals surface area contributed by atoms with E-state index in [0.717, 1.165) is 4.31 Å². The minimum Gasteiger partial charge on any atom is -0.480 e. The Morgan fingerprint density at radius 2 is 2.00 bits per heavy atom. The highest BCUT2D eigenvalue weighted by Crippen LogP contribution is 2.07. The van der Waals surface area contributed by atoms with Gasteiger partial charge in [0.1, 0.15) is 0 Å². The van der Waals surface area contributed by atoms with Crippen molar-refractivity contribution in [3.05, 3.63) is 0 Å². The fraction of sp³-hybridized carbons (Fsp3) is 0.857. The van der Waals surface area contributed by atoms with Gasteiger partial charge in [-0.1, -0.05) is 6.92 Å². The lowest BCUT2D eigenvalue weighted by atomic mass is 10.3. The Morgan fingerprint density at radius 1 is 1.54 bits per heavy atom. The van der Waals surface area contributed by atoms with E-state index in [-0.39, 0.29) is 6.04 Å². The maximum absolute atomic E-state index is 11.3. The fourth-order valence-electron chi connectivity index (χ4n) is 0.789. The molecule has 0 saturated carbocycles.